The summed E-state index contributed by atoms with van der Waals surface area (Å²) in [6.07, 6.45) is 4.38. The Morgan fingerprint density at radius 1 is 1.02 bits per heavy atom. The van der Waals surface area contributed by atoms with Gasteiger partial charge >= 0.3 is 6.09 Å². The van der Waals surface area contributed by atoms with Gasteiger partial charge in [-0.05, 0) is 57.0 Å². The van der Waals surface area contributed by atoms with E-state index in [1.165, 1.54) is 0 Å². The summed E-state index contributed by atoms with van der Waals surface area (Å²) in [5, 5.41) is 8.48. The third kappa shape index (κ3) is 8.73. The molecule has 0 aliphatic carbocycles. The Bertz CT molecular complexity index is 2350. The summed E-state index contributed by atoms with van der Waals surface area (Å²) in [6.45, 7) is 9.69. The van der Waals surface area contributed by atoms with Crippen LogP contribution in [-0.4, -0.2) is 86.7 Å². The molecule has 1 atom stereocenters. The van der Waals surface area contributed by atoms with E-state index in [1.807, 2.05) is 85.8 Å². The molecule has 2 aliphatic heterocycles. The summed E-state index contributed by atoms with van der Waals surface area (Å²) in [7, 11) is 3.56. The minimum absolute atomic E-state index is 0.0247. The summed E-state index contributed by atoms with van der Waals surface area (Å²) in [4.78, 5) is 50.0. The lowest BCUT2D eigenvalue weighted by Gasteiger charge is -2.39. The van der Waals surface area contributed by atoms with Crippen LogP contribution in [0.2, 0.25) is 10.0 Å². The van der Waals surface area contributed by atoms with Gasteiger partial charge in [0.05, 0.1) is 35.1 Å². The van der Waals surface area contributed by atoms with Crippen molar-refractivity contribution < 1.29 is 23.9 Å². The van der Waals surface area contributed by atoms with E-state index in [0.29, 0.717) is 53.0 Å². The van der Waals surface area contributed by atoms with Crippen molar-refractivity contribution >= 4 is 52.1 Å². The maximum atomic E-state index is 13.3. The van der Waals surface area contributed by atoms with Crippen LogP contribution in [0.25, 0.3) is 44.7 Å². The molecule has 5 heterocycles. The maximum absolute atomic E-state index is 13.3. The molecule has 3 aromatic heterocycles. The second kappa shape index (κ2) is 16.4. The van der Waals surface area contributed by atoms with Gasteiger partial charge in [-0.2, -0.15) is 0 Å². The van der Waals surface area contributed by atoms with E-state index in [1.54, 1.807) is 25.1 Å². The second-order valence-corrected chi connectivity index (χ2v) is 16.5. The number of fused-ring (bicyclic) bond motifs is 1. The molecule has 298 valence electrons. The van der Waals surface area contributed by atoms with E-state index < -0.39 is 11.7 Å². The van der Waals surface area contributed by atoms with E-state index in [0.717, 1.165) is 57.6 Å². The molecule has 2 fully saturated rings. The smallest absolute Gasteiger partial charge is 0.410 e. The second-order valence-electron chi connectivity index (χ2n) is 15.7. The molecular weight excluding hydrogens is 765 g/mol. The van der Waals surface area contributed by atoms with E-state index in [9.17, 15) is 14.4 Å². The van der Waals surface area contributed by atoms with Gasteiger partial charge in [0, 0.05) is 104 Å². The zero-order valence-electron chi connectivity index (χ0n) is 33.0. The summed E-state index contributed by atoms with van der Waals surface area (Å²) in [6, 6.07) is 17.5. The molecule has 3 amide bonds. The average Bonchev–Trinajstić information content (AvgIpc) is 3.71. The molecule has 12 nitrogen and oxygen atoms in total. The number of hydrogen-bond donors (Lipinski definition) is 2. The summed E-state index contributed by atoms with van der Waals surface area (Å²) in [5.41, 5.74) is 6.23. The van der Waals surface area contributed by atoms with Crippen molar-refractivity contribution in [3.8, 4) is 39.4 Å². The molecule has 14 heteroatoms. The number of benzene rings is 2. The topological polar surface area (TPSA) is 131 Å². The SMILES string of the molecule is COc1cc(-c2nccc(-c3cccc(-c4ccc5c(CNC6CN(C(C)=O)C6)cn(C)c5n4)c3Cl)c2Cl)ccc1CN(C[C@@H]1CCC(=O)N1)C(=O)OC(C)(C)C. The average molecular weight is 813 g/mol. The monoisotopic (exact) mass is 811 g/mol. The highest BCUT2D eigenvalue weighted by atomic mass is 35.5. The molecule has 2 saturated heterocycles. The number of ether oxygens (including phenoxy) is 2. The fourth-order valence-corrected chi connectivity index (χ4v) is 8.02. The number of aromatic nitrogens is 3. The van der Waals surface area contributed by atoms with Crippen molar-refractivity contribution in [3.63, 3.8) is 0 Å². The number of carbonyl (C=O) groups is 3. The molecule has 7 rings (SSSR count). The van der Waals surface area contributed by atoms with Crippen LogP contribution in [0.5, 0.6) is 5.75 Å². The molecule has 57 heavy (non-hydrogen) atoms. The predicted molar refractivity (Wildman–Crippen MR) is 222 cm³/mol. The quantitative estimate of drug-likeness (QED) is 0.139. The van der Waals surface area contributed by atoms with Gasteiger partial charge in [0.15, 0.2) is 0 Å². The highest BCUT2D eigenvalue weighted by Gasteiger charge is 2.30. The molecule has 0 bridgehead atoms. The first kappa shape index (κ1) is 40.0. The molecule has 0 spiro atoms. The van der Waals surface area contributed by atoms with Crippen LogP contribution in [-0.2, 0) is 34.5 Å². The lowest BCUT2D eigenvalue weighted by molar-refractivity contribution is -0.133. The number of pyridine rings is 2. The van der Waals surface area contributed by atoms with Gasteiger partial charge in [-0.3, -0.25) is 14.6 Å². The minimum atomic E-state index is -0.691. The van der Waals surface area contributed by atoms with Crippen molar-refractivity contribution in [1.82, 2.24) is 35.0 Å². The summed E-state index contributed by atoms with van der Waals surface area (Å²) in [5.74, 6) is 0.623. The molecule has 5 aromatic rings. The van der Waals surface area contributed by atoms with Crippen molar-refractivity contribution in [2.24, 2.45) is 7.05 Å². The van der Waals surface area contributed by atoms with Gasteiger partial charge < -0.3 is 34.5 Å². The lowest BCUT2D eigenvalue weighted by atomic mass is 9.99. The van der Waals surface area contributed by atoms with E-state index in [4.69, 9.17) is 37.7 Å². The number of rotatable bonds is 11. The molecule has 0 radical (unpaired) electrons. The number of nitrogens with one attached hydrogen (secondary N) is 2. The number of aryl methyl sites for hydroxylation is 1. The molecule has 0 unspecified atom stereocenters. The zero-order chi connectivity index (χ0) is 40.6. The van der Waals surface area contributed by atoms with Crippen LogP contribution in [0.15, 0.2) is 67.0 Å². The third-order valence-corrected chi connectivity index (χ3v) is 11.2. The van der Waals surface area contributed by atoms with Gasteiger partial charge in [0.1, 0.15) is 17.0 Å². The Balaban J connectivity index is 1.13. The molecule has 0 saturated carbocycles. The number of amides is 3. The maximum Gasteiger partial charge on any atom is 0.410 e. The number of likely N-dealkylation sites (tertiary alicyclic amines) is 1. The van der Waals surface area contributed by atoms with Gasteiger partial charge in [-0.1, -0.05) is 53.5 Å². The first-order valence-electron chi connectivity index (χ1n) is 19.0. The van der Waals surface area contributed by atoms with Crippen LogP contribution in [0.3, 0.4) is 0 Å². The van der Waals surface area contributed by atoms with Crippen molar-refractivity contribution in [2.45, 2.75) is 71.3 Å². The van der Waals surface area contributed by atoms with Crippen molar-refractivity contribution in [3.05, 3.63) is 88.2 Å². The van der Waals surface area contributed by atoms with Crippen LogP contribution in [0.4, 0.5) is 4.79 Å². The van der Waals surface area contributed by atoms with Gasteiger partial charge in [-0.15, -0.1) is 0 Å². The normalized spacial score (nSPS) is 15.8. The van der Waals surface area contributed by atoms with Crippen LogP contribution >= 0.6 is 23.2 Å². The Morgan fingerprint density at radius 3 is 2.47 bits per heavy atom. The highest BCUT2D eigenvalue weighted by Crippen LogP contribution is 2.42. The minimum Gasteiger partial charge on any atom is -0.496 e. The van der Waals surface area contributed by atoms with Gasteiger partial charge in [0.2, 0.25) is 11.8 Å². The lowest BCUT2D eigenvalue weighted by Crippen LogP contribution is -2.59. The molecule has 2 N–H and O–H groups in total. The Kier molecular flexibility index (Phi) is 11.5. The standard InChI is InChI=1S/C43H47Cl2N7O5/c1-25(53)51-23-30(24-51)47-19-28-20-50(5)41-31(28)13-14-35(49-41)34-9-7-8-32(38(34)44)33-16-17-46-40(39(33)45)26-10-11-27(36(18-26)56-6)21-52(42(55)57-43(2,3)4)22-29-12-15-37(54)48-29/h7-11,13-14,16-18,20,29-30,47H,12,15,19,21-24H2,1-6H3,(H,48,54)/t29-/m0/s1. The van der Waals surface area contributed by atoms with Gasteiger partial charge in [-0.25, -0.2) is 9.78 Å². The van der Waals surface area contributed by atoms with Crippen molar-refractivity contribution in [2.75, 3.05) is 26.7 Å². The highest BCUT2D eigenvalue weighted by molar-refractivity contribution is 6.39. The zero-order valence-corrected chi connectivity index (χ0v) is 34.5. The number of carbonyl (C=O) groups excluding carboxylic acids is 3. The van der Waals surface area contributed by atoms with Crippen molar-refractivity contribution in [1.29, 1.82) is 0 Å². The number of nitrogens with zero attached hydrogens (tertiary/aromatic N) is 5. The number of hydrogen-bond acceptors (Lipinski definition) is 8. The third-order valence-electron chi connectivity index (χ3n) is 10.4. The fourth-order valence-electron chi connectivity index (χ4n) is 7.37. The van der Waals surface area contributed by atoms with E-state index in [2.05, 4.69) is 27.9 Å². The molecule has 2 aromatic carbocycles. The largest absolute Gasteiger partial charge is 0.496 e. The van der Waals surface area contributed by atoms with Crippen LogP contribution in [0, 0.1) is 0 Å². The Labute approximate surface area is 342 Å². The summed E-state index contributed by atoms with van der Waals surface area (Å²) >= 11 is 14.3. The van der Waals surface area contributed by atoms with E-state index in [-0.39, 0.29) is 30.4 Å². The van der Waals surface area contributed by atoms with Crippen LogP contribution < -0.4 is 15.4 Å². The number of halogens is 2. The van der Waals surface area contributed by atoms with E-state index >= 15 is 0 Å². The Hall–Kier alpha value is -5.17. The summed E-state index contributed by atoms with van der Waals surface area (Å²) < 4.78 is 13.6. The Morgan fingerprint density at radius 2 is 1.77 bits per heavy atom. The van der Waals surface area contributed by atoms with Crippen LogP contribution in [0.1, 0.15) is 51.7 Å². The molecule has 2 aliphatic rings. The fraction of sp³-hybridized carbons (Fsp3) is 0.372. The predicted octanol–water partition coefficient (Wildman–Crippen LogP) is 7.62. The number of methoxy groups -OCH3 is 1. The first-order chi connectivity index (χ1) is 27.2. The molecular formula is C43H47Cl2N7O5. The van der Waals surface area contributed by atoms with Gasteiger partial charge in [0.25, 0.3) is 0 Å². The first-order valence-corrected chi connectivity index (χ1v) is 19.8.